The summed E-state index contributed by atoms with van der Waals surface area (Å²) in [4.78, 5) is 0. The van der Waals surface area contributed by atoms with E-state index in [9.17, 15) is 14.6 Å². The van der Waals surface area contributed by atoms with Crippen LogP contribution in [-0.2, 0) is 0 Å². The third kappa shape index (κ3) is 3.47. The van der Waals surface area contributed by atoms with E-state index in [1.165, 1.54) is 12.1 Å². The van der Waals surface area contributed by atoms with Gasteiger partial charge >= 0.3 is 0 Å². The Morgan fingerprint density at radius 2 is 1.94 bits per heavy atom. The Kier molecular flexibility index (Phi) is 4.26. The fourth-order valence-electron chi connectivity index (χ4n) is 1.69. The van der Waals surface area contributed by atoms with Crippen molar-refractivity contribution in [2.75, 3.05) is 0 Å². The highest BCUT2D eigenvalue weighted by molar-refractivity contribution is 5.30. The third-order valence-corrected chi connectivity index (χ3v) is 2.40. The first-order valence-electron chi connectivity index (χ1n) is 5.33. The summed E-state index contributed by atoms with van der Waals surface area (Å²) in [5, 5.41) is 19.1. The molecule has 0 saturated heterocycles. The number of phenols is 1. The van der Waals surface area contributed by atoms with Crippen LogP contribution in [0.3, 0.4) is 0 Å². The molecule has 0 aliphatic rings. The molecule has 2 unspecified atom stereocenters. The molecule has 4 N–H and O–H groups in total. The number of aliphatic hydroxyl groups excluding tert-OH is 1. The van der Waals surface area contributed by atoms with Crippen LogP contribution in [0.25, 0.3) is 0 Å². The first-order chi connectivity index (χ1) is 7.40. The topological polar surface area (TPSA) is 66.5 Å². The molecule has 1 rings (SSSR count). The zero-order valence-electron chi connectivity index (χ0n) is 9.52. The van der Waals surface area contributed by atoms with E-state index in [0.29, 0.717) is 17.9 Å². The number of hydrogen-bond acceptors (Lipinski definition) is 3. The molecule has 90 valence electrons. The van der Waals surface area contributed by atoms with Crippen molar-refractivity contribution in [1.29, 1.82) is 0 Å². The number of nitrogens with two attached hydrogens (primary N) is 1. The van der Waals surface area contributed by atoms with Crippen molar-refractivity contribution >= 4 is 0 Å². The van der Waals surface area contributed by atoms with Crippen molar-refractivity contribution in [3.05, 3.63) is 29.6 Å². The summed E-state index contributed by atoms with van der Waals surface area (Å²) in [5.41, 5.74) is 6.11. The predicted molar refractivity (Wildman–Crippen MR) is 60.5 cm³/mol. The molecule has 0 amide bonds. The van der Waals surface area contributed by atoms with Crippen LogP contribution < -0.4 is 5.73 Å². The third-order valence-electron chi connectivity index (χ3n) is 2.40. The highest BCUT2D eigenvalue weighted by atomic mass is 19.1. The monoisotopic (exact) mass is 227 g/mol. The lowest BCUT2D eigenvalue weighted by molar-refractivity contribution is 0.135. The quantitative estimate of drug-likeness (QED) is 0.736. The largest absolute Gasteiger partial charge is 0.508 e. The molecule has 3 nitrogen and oxygen atoms in total. The summed E-state index contributed by atoms with van der Waals surface area (Å²) < 4.78 is 13.0. The normalized spacial score (nSPS) is 15.1. The van der Waals surface area contributed by atoms with E-state index in [1.807, 2.05) is 13.8 Å². The molecule has 0 bridgehead atoms. The molecular weight excluding hydrogens is 209 g/mol. The summed E-state index contributed by atoms with van der Waals surface area (Å²) >= 11 is 0. The van der Waals surface area contributed by atoms with Crippen LogP contribution in [0.15, 0.2) is 18.2 Å². The van der Waals surface area contributed by atoms with Crippen molar-refractivity contribution in [2.45, 2.75) is 32.4 Å². The number of aliphatic hydroxyl groups is 1. The van der Waals surface area contributed by atoms with Gasteiger partial charge in [-0.25, -0.2) is 4.39 Å². The van der Waals surface area contributed by atoms with Crippen molar-refractivity contribution in [1.82, 2.24) is 0 Å². The first-order valence-corrected chi connectivity index (χ1v) is 5.33. The van der Waals surface area contributed by atoms with Crippen LogP contribution in [0.5, 0.6) is 5.75 Å². The number of aromatic hydroxyl groups is 1. The molecule has 2 atom stereocenters. The number of phenolic OH excluding ortho intramolecular Hbond substituents is 1. The first kappa shape index (κ1) is 12.9. The molecule has 0 radical (unpaired) electrons. The van der Waals surface area contributed by atoms with Gasteiger partial charge in [-0.1, -0.05) is 13.8 Å². The minimum absolute atomic E-state index is 0.203. The maximum Gasteiger partial charge on any atom is 0.127 e. The minimum Gasteiger partial charge on any atom is -0.508 e. The van der Waals surface area contributed by atoms with E-state index in [2.05, 4.69) is 0 Å². The number of hydrogen-bond donors (Lipinski definition) is 3. The van der Waals surface area contributed by atoms with Gasteiger partial charge in [0, 0.05) is 12.1 Å². The summed E-state index contributed by atoms with van der Waals surface area (Å²) in [7, 11) is 0. The average molecular weight is 227 g/mol. The Labute approximate surface area is 94.7 Å². The zero-order valence-corrected chi connectivity index (χ0v) is 9.52. The van der Waals surface area contributed by atoms with E-state index >= 15 is 0 Å². The molecule has 1 aromatic carbocycles. The molecule has 0 heterocycles. The lowest BCUT2D eigenvalue weighted by atomic mass is 9.95. The fourth-order valence-corrected chi connectivity index (χ4v) is 1.69. The van der Waals surface area contributed by atoms with Gasteiger partial charge in [0.25, 0.3) is 0 Å². The highest BCUT2D eigenvalue weighted by Crippen LogP contribution is 2.24. The molecule has 0 spiro atoms. The Balaban J connectivity index is 2.82. The maximum atomic E-state index is 13.0. The summed E-state index contributed by atoms with van der Waals surface area (Å²) in [5.74, 6) is -0.427. The van der Waals surface area contributed by atoms with Crippen molar-refractivity contribution in [3.8, 4) is 5.75 Å². The molecule has 0 aliphatic carbocycles. The highest BCUT2D eigenvalue weighted by Gasteiger charge is 2.19. The van der Waals surface area contributed by atoms with Crippen molar-refractivity contribution in [3.63, 3.8) is 0 Å². The van der Waals surface area contributed by atoms with Gasteiger partial charge < -0.3 is 15.9 Å². The Hall–Kier alpha value is -1.13. The van der Waals surface area contributed by atoms with Gasteiger partial charge in [0.1, 0.15) is 11.6 Å². The van der Waals surface area contributed by atoms with Gasteiger partial charge in [0.05, 0.1) is 6.10 Å². The van der Waals surface area contributed by atoms with E-state index in [4.69, 9.17) is 5.73 Å². The van der Waals surface area contributed by atoms with Gasteiger partial charge in [-0.2, -0.15) is 0 Å². The lowest BCUT2D eigenvalue weighted by Crippen LogP contribution is -2.29. The van der Waals surface area contributed by atoms with Crippen LogP contribution in [0, 0.1) is 11.7 Å². The summed E-state index contributed by atoms with van der Waals surface area (Å²) in [6.07, 6.45) is -0.317. The zero-order chi connectivity index (χ0) is 12.3. The SMILES string of the molecule is CC(C)CC(N)C(O)c1cc(O)cc(F)c1. The van der Waals surface area contributed by atoms with E-state index in [0.717, 1.165) is 6.07 Å². The lowest BCUT2D eigenvalue weighted by Gasteiger charge is -2.21. The van der Waals surface area contributed by atoms with Crippen LogP contribution in [-0.4, -0.2) is 16.3 Å². The molecule has 0 saturated carbocycles. The second kappa shape index (κ2) is 5.27. The average Bonchev–Trinajstić information content (AvgIpc) is 2.13. The molecule has 0 fully saturated rings. The molecule has 0 aliphatic heterocycles. The predicted octanol–water partition coefficient (Wildman–Crippen LogP) is 1.94. The van der Waals surface area contributed by atoms with Crippen LogP contribution in [0.1, 0.15) is 31.9 Å². The molecule has 4 heteroatoms. The Bertz CT molecular complexity index is 335. The number of rotatable bonds is 4. The Morgan fingerprint density at radius 3 is 2.44 bits per heavy atom. The fraction of sp³-hybridized carbons (Fsp3) is 0.500. The molecule has 0 aromatic heterocycles. The van der Waals surface area contributed by atoms with Crippen LogP contribution >= 0.6 is 0 Å². The Morgan fingerprint density at radius 1 is 1.31 bits per heavy atom. The van der Waals surface area contributed by atoms with Gasteiger partial charge in [-0.05, 0) is 30.0 Å². The molecule has 1 aromatic rings. The van der Waals surface area contributed by atoms with E-state index < -0.39 is 18.0 Å². The minimum atomic E-state index is -0.955. The standard InChI is InChI=1S/C12H18FNO2/c1-7(2)3-11(14)12(16)8-4-9(13)6-10(15)5-8/h4-7,11-12,15-16H,3,14H2,1-2H3. The maximum absolute atomic E-state index is 13.0. The summed E-state index contributed by atoms with van der Waals surface area (Å²) in [6, 6.07) is 3.05. The second-order valence-corrected chi connectivity index (χ2v) is 4.48. The number of halogens is 1. The van der Waals surface area contributed by atoms with Crippen molar-refractivity contribution < 1.29 is 14.6 Å². The molecule has 16 heavy (non-hydrogen) atoms. The van der Waals surface area contributed by atoms with Crippen LogP contribution in [0.4, 0.5) is 4.39 Å². The number of benzene rings is 1. The van der Waals surface area contributed by atoms with Gasteiger partial charge in [-0.15, -0.1) is 0 Å². The van der Waals surface area contributed by atoms with Crippen LogP contribution in [0.2, 0.25) is 0 Å². The van der Waals surface area contributed by atoms with Crippen molar-refractivity contribution in [2.24, 2.45) is 11.7 Å². The molecular formula is C12H18FNO2. The van der Waals surface area contributed by atoms with E-state index in [-0.39, 0.29) is 5.75 Å². The smallest absolute Gasteiger partial charge is 0.127 e. The van der Waals surface area contributed by atoms with Gasteiger partial charge in [-0.3, -0.25) is 0 Å². The second-order valence-electron chi connectivity index (χ2n) is 4.48. The van der Waals surface area contributed by atoms with Gasteiger partial charge in [0.2, 0.25) is 0 Å². The van der Waals surface area contributed by atoms with Gasteiger partial charge in [0.15, 0.2) is 0 Å². The van der Waals surface area contributed by atoms with E-state index in [1.54, 1.807) is 0 Å². The summed E-state index contributed by atoms with van der Waals surface area (Å²) in [6.45, 7) is 3.99.